The van der Waals surface area contributed by atoms with Crippen LogP contribution in [0.5, 0.6) is 0 Å². The van der Waals surface area contributed by atoms with E-state index in [2.05, 4.69) is 39.8 Å². The first kappa shape index (κ1) is 20.0. The van der Waals surface area contributed by atoms with Gasteiger partial charge in [-0.3, -0.25) is 4.79 Å². The summed E-state index contributed by atoms with van der Waals surface area (Å²) in [5, 5.41) is 6.16. The lowest BCUT2D eigenvalue weighted by atomic mass is 10.2. The van der Waals surface area contributed by atoms with Gasteiger partial charge in [-0.1, -0.05) is 18.2 Å². The van der Waals surface area contributed by atoms with E-state index in [0.29, 0.717) is 13.2 Å². The van der Waals surface area contributed by atoms with Gasteiger partial charge in [0.05, 0.1) is 13.2 Å². The summed E-state index contributed by atoms with van der Waals surface area (Å²) < 4.78 is 5.30. The molecule has 7 heteroatoms. The van der Waals surface area contributed by atoms with Gasteiger partial charge in [-0.15, -0.1) is 24.8 Å². The lowest BCUT2D eigenvalue weighted by Gasteiger charge is -2.23. The second-order valence-electron chi connectivity index (χ2n) is 5.59. The average Bonchev–Trinajstić information content (AvgIpc) is 2.95. The highest BCUT2D eigenvalue weighted by molar-refractivity contribution is 5.85. The van der Waals surface area contributed by atoms with E-state index >= 15 is 0 Å². The maximum Gasteiger partial charge on any atom is 0.239 e. The van der Waals surface area contributed by atoms with Crippen molar-refractivity contribution in [1.29, 1.82) is 0 Å². The molecule has 0 radical (unpaired) electrons. The fraction of sp³-hybridized carbons (Fsp3) is 0.562. The zero-order valence-corrected chi connectivity index (χ0v) is 14.8. The van der Waals surface area contributed by atoms with Gasteiger partial charge in [0.15, 0.2) is 0 Å². The number of benzene rings is 1. The van der Waals surface area contributed by atoms with Crippen LogP contribution < -0.4 is 15.5 Å². The van der Waals surface area contributed by atoms with Crippen molar-refractivity contribution < 1.29 is 9.53 Å². The van der Waals surface area contributed by atoms with Gasteiger partial charge in [-0.25, -0.2) is 0 Å². The van der Waals surface area contributed by atoms with Crippen molar-refractivity contribution in [2.24, 2.45) is 0 Å². The first-order valence-electron chi connectivity index (χ1n) is 7.76. The number of fused-ring (bicyclic) bond motifs is 1. The Labute approximate surface area is 150 Å². The molecular formula is C16H25Cl2N3O2. The first-order valence-corrected chi connectivity index (χ1v) is 7.76. The molecule has 1 atom stereocenters. The highest BCUT2D eigenvalue weighted by atomic mass is 35.5. The molecule has 1 saturated heterocycles. The number of hydrogen-bond acceptors (Lipinski definition) is 4. The lowest BCUT2D eigenvalue weighted by molar-refractivity contribution is -0.125. The second-order valence-corrected chi connectivity index (χ2v) is 5.59. The highest BCUT2D eigenvalue weighted by Gasteiger charge is 2.21. The van der Waals surface area contributed by atoms with Crippen LogP contribution in [-0.2, 0) is 16.0 Å². The van der Waals surface area contributed by atoms with E-state index in [-0.39, 0.29) is 36.8 Å². The zero-order chi connectivity index (χ0) is 14.5. The van der Waals surface area contributed by atoms with E-state index in [1.54, 1.807) is 0 Å². The maximum absolute atomic E-state index is 11.9. The van der Waals surface area contributed by atoms with Gasteiger partial charge in [0.1, 0.15) is 6.04 Å². The summed E-state index contributed by atoms with van der Waals surface area (Å²) in [4.78, 5) is 14.3. The van der Waals surface area contributed by atoms with Crippen LogP contribution in [0.3, 0.4) is 0 Å². The molecular weight excluding hydrogens is 337 g/mol. The number of amides is 1. The molecule has 1 aromatic carbocycles. The Morgan fingerprint density at radius 3 is 2.96 bits per heavy atom. The van der Waals surface area contributed by atoms with Crippen molar-refractivity contribution in [3.63, 3.8) is 0 Å². The van der Waals surface area contributed by atoms with Gasteiger partial charge in [-0.05, 0) is 24.5 Å². The van der Waals surface area contributed by atoms with Gasteiger partial charge in [0.25, 0.3) is 0 Å². The normalized spacial score (nSPS) is 19.3. The van der Waals surface area contributed by atoms with Crippen LogP contribution in [-0.4, -0.2) is 51.3 Å². The van der Waals surface area contributed by atoms with Gasteiger partial charge in [0, 0.05) is 31.9 Å². The molecule has 0 bridgehead atoms. The number of rotatable bonds is 5. The molecule has 1 aromatic rings. The summed E-state index contributed by atoms with van der Waals surface area (Å²) in [6, 6.07) is 8.39. The van der Waals surface area contributed by atoms with Crippen molar-refractivity contribution in [1.82, 2.24) is 10.6 Å². The molecule has 5 nitrogen and oxygen atoms in total. The van der Waals surface area contributed by atoms with Crippen molar-refractivity contribution >= 4 is 36.4 Å². The summed E-state index contributed by atoms with van der Waals surface area (Å²) >= 11 is 0. The molecule has 1 amide bonds. The summed E-state index contributed by atoms with van der Waals surface area (Å²) in [6.45, 7) is 4.72. The number of para-hydroxylation sites is 1. The molecule has 0 saturated carbocycles. The maximum atomic E-state index is 11.9. The Hall–Kier alpha value is -1.01. The Morgan fingerprint density at radius 2 is 2.17 bits per heavy atom. The van der Waals surface area contributed by atoms with Crippen molar-refractivity contribution in [2.45, 2.75) is 18.9 Å². The Bertz CT molecular complexity index is 496. The monoisotopic (exact) mass is 361 g/mol. The number of morpholine rings is 1. The van der Waals surface area contributed by atoms with E-state index in [1.165, 1.54) is 11.3 Å². The topological polar surface area (TPSA) is 53.6 Å². The number of anilines is 1. The van der Waals surface area contributed by atoms with Crippen molar-refractivity contribution in [2.75, 3.05) is 44.3 Å². The number of carbonyl (C=O) groups is 1. The van der Waals surface area contributed by atoms with E-state index < -0.39 is 0 Å². The molecule has 130 valence electrons. The summed E-state index contributed by atoms with van der Waals surface area (Å²) in [5.74, 6) is 0.0523. The first-order chi connectivity index (χ1) is 10.3. The summed E-state index contributed by atoms with van der Waals surface area (Å²) in [7, 11) is 0. The van der Waals surface area contributed by atoms with Crippen molar-refractivity contribution in [3.8, 4) is 0 Å². The highest BCUT2D eigenvalue weighted by Crippen LogP contribution is 2.27. The zero-order valence-electron chi connectivity index (χ0n) is 13.1. The molecule has 0 spiro atoms. The van der Waals surface area contributed by atoms with Gasteiger partial charge >= 0.3 is 0 Å². The largest absolute Gasteiger partial charge is 0.378 e. The fourth-order valence-electron chi connectivity index (χ4n) is 2.98. The van der Waals surface area contributed by atoms with E-state index in [1.807, 2.05) is 0 Å². The third-order valence-corrected chi connectivity index (χ3v) is 4.13. The summed E-state index contributed by atoms with van der Waals surface area (Å²) in [6.07, 6.45) is 2.10. The molecule has 2 heterocycles. The predicted molar refractivity (Wildman–Crippen MR) is 97.1 cm³/mol. The smallest absolute Gasteiger partial charge is 0.239 e. The minimum atomic E-state index is -0.189. The Morgan fingerprint density at radius 1 is 1.35 bits per heavy atom. The van der Waals surface area contributed by atoms with Crippen LogP contribution in [0.2, 0.25) is 0 Å². The summed E-state index contributed by atoms with van der Waals surface area (Å²) in [5.41, 5.74) is 2.79. The molecule has 23 heavy (non-hydrogen) atoms. The SMILES string of the molecule is Cl.Cl.O=C(NCCCN1CCc2ccccc21)C1COCCN1. The number of ether oxygens (including phenoxy) is 1. The molecule has 2 aliphatic rings. The number of halogens is 2. The van der Waals surface area contributed by atoms with Crippen LogP contribution in [0.15, 0.2) is 24.3 Å². The van der Waals surface area contributed by atoms with Gasteiger partial charge < -0.3 is 20.3 Å². The lowest BCUT2D eigenvalue weighted by Crippen LogP contribution is -2.51. The van der Waals surface area contributed by atoms with Crippen LogP contribution >= 0.6 is 24.8 Å². The minimum absolute atomic E-state index is 0. The predicted octanol–water partition coefficient (Wildman–Crippen LogP) is 1.39. The van der Waals surface area contributed by atoms with E-state index in [9.17, 15) is 4.79 Å². The number of carbonyl (C=O) groups excluding carboxylic acids is 1. The standard InChI is InChI=1S/C16H23N3O2.2ClH/c20-16(14-12-21-11-8-17-14)18-7-3-9-19-10-6-13-4-1-2-5-15(13)19;;/h1-2,4-5,14,17H,3,6-12H2,(H,18,20);2*1H. The molecule has 0 aliphatic carbocycles. The molecule has 1 fully saturated rings. The van der Waals surface area contributed by atoms with E-state index in [0.717, 1.165) is 39.0 Å². The van der Waals surface area contributed by atoms with Crippen LogP contribution in [0.1, 0.15) is 12.0 Å². The number of nitrogens with one attached hydrogen (secondary N) is 2. The third kappa shape index (κ3) is 5.24. The molecule has 1 unspecified atom stereocenters. The van der Waals surface area contributed by atoms with Crippen LogP contribution in [0.25, 0.3) is 0 Å². The van der Waals surface area contributed by atoms with E-state index in [4.69, 9.17) is 4.74 Å². The Balaban J connectivity index is 0.00000132. The quantitative estimate of drug-likeness (QED) is 0.778. The van der Waals surface area contributed by atoms with Crippen LogP contribution in [0, 0.1) is 0 Å². The second kappa shape index (κ2) is 9.98. The van der Waals surface area contributed by atoms with Crippen molar-refractivity contribution in [3.05, 3.63) is 29.8 Å². The Kier molecular flexibility index (Phi) is 8.69. The average molecular weight is 362 g/mol. The number of hydrogen-bond donors (Lipinski definition) is 2. The molecule has 3 rings (SSSR count). The molecule has 2 aliphatic heterocycles. The van der Waals surface area contributed by atoms with Gasteiger partial charge in [0.2, 0.25) is 5.91 Å². The van der Waals surface area contributed by atoms with Crippen LogP contribution in [0.4, 0.5) is 5.69 Å². The minimum Gasteiger partial charge on any atom is -0.378 e. The fourth-order valence-corrected chi connectivity index (χ4v) is 2.98. The molecule has 0 aromatic heterocycles. The van der Waals surface area contributed by atoms with Gasteiger partial charge in [-0.2, -0.15) is 0 Å². The molecule has 2 N–H and O–H groups in total. The number of nitrogens with zero attached hydrogens (tertiary/aromatic N) is 1. The third-order valence-electron chi connectivity index (χ3n) is 4.13.